The highest BCUT2D eigenvalue weighted by molar-refractivity contribution is 5.62. The summed E-state index contributed by atoms with van der Waals surface area (Å²) in [5.74, 6) is 6.79. The summed E-state index contributed by atoms with van der Waals surface area (Å²) >= 11 is 0. The van der Waals surface area contributed by atoms with E-state index in [1.54, 1.807) is 0 Å². The van der Waals surface area contributed by atoms with Crippen LogP contribution in [0.2, 0.25) is 0 Å². The smallest absolute Gasteiger partial charge is 0.144 e. The van der Waals surface area contributed by atoms with E-state index in [-0.39, 0.29) is 0 Å². The summed E-state index contributed by atoms with van der Waals surface area (Å²) in [4.78, 5) is 8.86. The second-order valence-electron chi connectivity index (χ2n) is 4.01. The first-order valence-electron chi connectivity index (χ1n) is 6.31. The van der Waals surface area contributed by atoms with Gasteiger partial charge in [0.05, 0.1) is 12.3 Å². The monoisotopic (exact) mass is 258 g/mol. The Labute approximate surface area is 112 Å². The quantitative estimate of drug-likeness (QED) is 0.471. The molecule has 0 amide bonds. The van der Waals surface area contributed by atoms with E-state index in [1.807, 2.05) is 43.3 Å². The van der Waals surface area contributed by atoms with Gasteiger partial charge >= 0.3 is 0 Å². The van der Waals surface area contributed by atoms with Crippen molar-refractivity contribution in [3.05, 3.63) is 42.2 Å². The summed E-state index contributed by atoms with van der Waals surface area (Å²) in [6.45, 7) is 3.27. The summed E-state index contributed by atoms with van der Waals surface area (Å²) in [7, 11) is 0. The fraction of sp³-hybridized carbons (Fsp3) is 0.286. The van der Waals surface area contributed by atoms with Crippen molar-refractivity contribution in [2.24, 2.45) is 5.84 Å². The number of hydrogen-bond acceptors (Lipinski definition) is 5. The summed E-state index contributed by atoms with van der Waals surface area (Å²) in [5.41, 5.74) is 4.47. The van der Waals surface area contributed by atoms with Crippen LogP contribution >= 0.6 is 0 Å². The minimum Gasteiger partial charge on any atom is -0.381 e. The first kappa shape index (κ1) is 13.5. The number of hydrogen-bond donors (Lipinski definition) is 2. The number of nitrogen functional groups attached to an aromatic ring is 1. The largest absolute Gasteiger partial charge is 0.381 e. The van der Waals surface area contributed by atoms with Gasteiger partial charge in [0.25, 0.3) is 0 Å². The van der Waals surface area contributed by atoms with Crippen LogP contribution in [0.5, 0.6) is 0 Å². The first-order chi connectivity index (χ1) is 9.33. The van der Waals surface area contributed by atoms with E-state index < -0.39 is 0 Å². The number of anilines is 1. The van der Waals surface area contributed by atoms with Crippen molar-refractivity contribution in [2.45, 2.75) is 13.3 Å². The fourth-order valence-corrected chi connectivity index (χ4v) is 1.75. The standard InChI is InChI=1S/C14H18N4O/c1-2-19-9-8-13-16-12(10-14(17-13)18-15)11-6-4-3-5-7-11/h3-7,10H,2,8-9,15H2,1H3,(H,16,17,18). The van der Waals surface area contributed by atoms with Gasteiger partial charge in [0, 0.05) is 24.7 Å². The minimum atomic E-state index is 0.610. The zero-order valence-electron chi connectivity index (χ0n) is 11.0. The zero-order chi connectivity index (χ0) is 13.5. The fourth-order valence-electron chi connectivity index (χ4n) is 1.75. The van der Waals surface area contributed by atoms with Crippen LogP contribution in [0.4, 0.5) is 5.82 Å². The van der Waals surface area contributed by atoms with Gasteiger partial charge in [-0.2, -0.15) is 0 Å². The van der Waals surface area contributed by atoms with Crippen LogP contribution in [0.3, 0.4) is 0 Å². The number of nitrogens with two attached hydrogens (primary N) is 1. The van der Waals surface area contributed by atoms with Gasteiger partial charge in [-0.15, -0.1) is 0 Å². The van der Waals surface area contributed by atoms with Crippen molar-refractivity contribution in [1.29, 1.82) is 0 Å². The van der Waals surface area contributed by atoms with Crippen LogP contribution in [0.1, 0.15) is 12.7 Å². The van der Waals surface area contributed by atoms with Crippen molar-refractivity contribution in [2.75, 3.05) is 18.6 Å². The molecule has 0 spiro atoms. The molecule has 100 valence electrons. The van der Waals surface area contributed by atoms with Crippen LogP contribution < -0.4 is 11.3 Å². The van der Waals surface area contributed by atoms with Crippen molar-refractivity contribution < 1.29 is 4.74 Å². The van der Waals surface area contributed by atoms with Crippen molar-refractivity contribution in [3.63, 3.8) is 0 Å². The third kappa shape index (κ3) is 3.74. The van der Waals surface area contributed by atoms with Gasteiger partial charge in [0.1, 0.15) is 11.6 Å². The summed E-state index contributed by atoms with van der Waals surface area (Å²) in [6.07, 6.45) is 0.670. The molecule has 0 atom stereocenters. The number of rotatable bonds is 6. The number of nitrogens with one attached hydrogen (secondary N) is 1. The maximum atomic E-state index is 5.45. The second-order valence-corrected chi connectivity index (χ2v) is 4.01. The highest BCUT2D eigenvalue weighted by Gasteiger charge is 2.06. The first-order valence-corrected chi connectivity index (χ1v) is 6.31. The summed E-state index contributed by atoms with van der Waals surface area (Å²) < 4.78 is 5.32. The molecule has 1 aromatic carbocycles. The lowest BCUT2D eigenvalue weighted by atomic mass is 10.1. The van der Waals surface area contributed by atoms with Crippen LogP contribution in [-0.2, 0) is 11.2 Å². The van der Waals surface area contributed by atoms with E-state index in [2.05, 4.69) is 15.4 Å². The van der Waals surface area contributed by atoms with Gasteiger partial charge in [0.15, 0.2) is 0 Å². The van der Waals surface area contributed by atoms with Gasteiger partial charge in [-0.1, -0.05) is 30.3 Å². The van der Waals surface area contributed by atoms with Gasteiger partial charge in [-0.3, -0.25) is 0 Å². The lowest BCUT2D eigenvalue weighted by Crippen LogP contribution is -2.12. The SMILES string of the molecule is CCOCCc1nc(NN)cc(-c2ccccc2)n1. The van der Waals surface area contributed by atoms with Crippen molar-refractivity contribution >= 4 is 5.82 Å². The molecular formula is C14H18N4O. The molecule has 3 N–H and O–H groups in total. The molecule has 2 aromatic rings. The molecule has 0 saturated carbocycles. The lowest BCUT2D eigenvalue weighted by Gasteiger charge is -2.08. The molecule has 5 nitrogen and oxygen atoms in total. The Morgan fingerprint density at radius 1 is 1.21 bits per heavy atom. The third-order valence-electron chi connectivity index (χ3n) is 2.66. The highest BCUT2D eigenvalue weighted by Crippen LogP contribution is 2.19. The normalized spacial score (nSPS) is 10.4. The average Bonchev–Trinajstić information content (AvgIpc) is 2.48. The van der Waals surface area contributed by atoms with Crippen LogP contribution in [-0.4, -0.2) is 23.2 Å². The highest BCUT2D eigenvalue weighted by atomic mass is 16.5. The molecule has 19 heavy (non-hydrogen) atoms. The predicted molar refractivity (Wildman–Crippen MR) is 75.5 cm³/mol. The molecule has 0 aliphatic heterocycles. The topological polar surface area (TPSA) is 73.1 Å². The Kier molecular flexibility index (Phi) is 4.83. The molecule has 0 unspecified atom stereocenters. The average molecular weight is 258 g/mol. The van der Waals surface area contributed by atoms with E-state index in [0.29, 0.717) is 25.5 Å². The summed E-state index contributed by atoms with van der Waals surface area (Å²) in [5, 5.41) is 0. The van der Waals surface area contributed by atoms with Gasteiger partial charge in [-0.25, -0.2) is 15.8 Å². The Morgan fingerprint density at radius 2 is 2.00 bits per heavy atom. The predicted octanol–water partition coefficient (Wildman–Crippen LogP) is 2.01. The number of aromatic nitrogens is 2. The maximum Gasteiger partial charge on any atom is 0.144 e. The van der Waals surface area contributed by atoms with Crippen LogP contribution in [0.15, 0.2) is 36.4 Å². The van der Waals surface area contributed by atoms with Crippen LogP contribution in [0, 0.1) is 0 Å². The van der Waals surface area contributed by atoms with Gasteiger partial charge in [-0.05, 0) is 6.92 Å². The molecule has 1 heterocycles. The molecule has 0 bridgehead atoms. The maximum absolute atomic E-state index is 5.45. The number of nitrogens with zero attached hydrogens (tertiary/aromatic N) is 2. The minimum absolute atomic E-state index is 0.610. The second kappa shape index (κ2) is 6.82. The lowest BCUT2D eigenvalue weighted by molar-refractivity contribution is 0.149. The summed E-state index contributed by atoms with van der Waals surface area (Å²) in [6, 6.07) is 11.8. The third-order valence-corrected chi connectivity index (χ3v) is 2.66. The molecule has 1 aromatic heterocycles. The van der Waals surface area contributed by atoms with Crippen molar-refractivity contribution in [1.82, 2.24) is 9.97 Å². The van der Waals surface area contributed by atoms with Gasteiger partial charge in [0.2, 0.25) is 0 Å². The van der Waals surface area contributed by atoms with E-state index in [0.717, 1.165) is 17.1 Å². The van der Waals surface area contributed by atoms with Crippen LogP contribution in [0.25, 0.3) is 11.3 Å². The molecule has 5 heteroatoms. The zero-order valence-corrected chi connectivity index (χ0v) is 11.0. The Balaban J connectivity index is 2.26. The molecule has 0 fully saturated rings. The van der Waals surface area contributed by atoms with E-state index in [9.17, 15) is 0 Å². The Bertz CT molecular complexity index is 516. The van der Waals surface area contributed by atoms with E-state index >= 15 is 0 Å². The van der Waals surface area contributed by atoms with Crippen molar-refractivity contribution in [3.8, 4) is 11.3 Å². The molecule has 0 aliphatic rings. The number of hydrazine groups is 1. The molecule has 2 rings (SSSR count). The number of ether oxygens (including phenoxy) is 1. The number of benzene rings is 1. The molecule has 0 aliphatic carbocycles. The molecular weight excluding hydrogens is 240 g/mol. The molecule has 0 radical (unpaired) electrons. The Hall–Kier alpha value is -1.98. The van der Waals surface area contributed by atoms with Gasteiger partial charge < -0.3 is 10.2 Å². The molecule has 0 saturated heterocycles. The van der Waals surface area contributed by atoms with E-state index in [1.165, 1.54) is 0 Å². The Morgan fingerprint density at radius 3 is 2.68 bits per heavy atom. The van der Waals surface area contributed by atoms with E-state index in [4.69, 9.17) is 10.6 Å².